The fourth-order valence-corrected chi connectivity index (χ4v) is 2.98. The molecule has 0 spiro atoms. The SMILES string of the molecule is Cc1nc(Cc2cccnc2)sc1CNC1CC1. The maximum absolute atomic E-state index is 4.66. The molecule has 0 amide bonds. The Balaban J connectivity index is 1.67. The summed E-state index contributed by atoms with van der Waals surface area (Å²) in [7, 11) is 0. The van der Waals surface area contributed by atoms with Gasteiger partial charge in [-0.2, -0.15) is 0 Å². The number of pyridine rings is 1. The first kappa shape index (κ1) is 11.8. The van der Waals surface area contributed by atoms with Crippen LogP contribution in [0.15, 0.2) is 24.5 Å². The lowest BCUT2D eigenvalue weighted by Gasteiger charge is -1.99. The molecule has 0 aromatic carbocycles. The maximum atomic E-state index is 4.66. The van der Waals surface area contributed by atoms with Gasteiger partial charge in [-0.25, -0.2) is 4.98 Å². The zero-order valence-electron chi connectivity index (χ0n) is 10.5. The highest BCUT2D eigenvalue weighted by Crippen LogP contribution is 2.23. The second-order valence-corrected chi connectivity index (χ2v) is 5.98. The van der Waals surface area contributed by atoms with Crippen LogP contribution in [-0.2, 0) is 13.0 Å². The Bertz CT molecular complexity index is 517. The fraction of sp³-hybridized carbons (Fsp3) is 0.429. The molecule has 0 aliphatic heterocycles. The minimum Gasteiger partial charge on any atom is -0.309 e. The van der Waals surface area contributed by atoms with Crippen molar-refractivity contribution in [1.82, 2.24) is 15.3 Å². The lowest BCUT2D eigenvalue weighted by Crippen LogP contribution is -2.14. The molecule has 0 radical (unpaired) electrons. The molecule has 0 bridgehead atoms. The molecular weight excluding hydrogens is 242 g/mol. The molecule has 2 aromatic rings. The third-order valence-corrected chi connectivity index (χ3v) is 4.30. The first-order valence-electron chi connectivity index (χ1n) is 6.39. The van der Waals surface area contributed by atoms with Gasteiger partial charge in [-0.1, -0.05) is 6.07 Å². The molecule has 1 N–H and O–H groups in total. The van der Waals surface area contributed by atoms with Crippen LogP contribution in [0.1, 0.15) is 34.0 Å². The first-order chi connectivity index (χ1) is 8.81. The summed E-state index contributed by atoms with van der Waals surface area (Å²) in [4.78, 5) is 10.2. The highest BCUT2D eigenvalue weighted by Gasteiger charge is 2.21. The van der Waals surface area contributed by atoms with E-state index in [0.29, 0.717) is 0 Å². The van der Waals surface area contributed by atoms with Crippen LogP contribution in [0.4, 0.5) is 0 Å². The molecule has 94 valence electrons. The van der Waals surface area contributed by atoms with Gasteiger partial charge in [0.2, 0.25) is 0 Å². The van der Waals surface area contributed by atoms with Gasteiger partial charge in [0.15, 0.2) is 0 Å². The number of hydrogen-bond donors (Lipinski definition) is 1. The van der Waals surface area contributed by atoms with Crippen molar-refractivity contribution in [3.05, 3.63) is 45.7 Å². The minimum atomic E-state index is 0.758. The van der Waals surface area contributed by atoms with E-state index in [9.17, 15) is 0 Å². The van der Waals surface area contributed by atoms with Gasteiger partial charge in [-0.15, -0.1) is 11.3 Å². The van der Waals surface area contributed by atoms with Crippen molar-refractivity contribution in [3.8, 4) is 0 Å². The number of nitrogens with one attached hydrogen (secondary N) is 1. The molecule has 0 atom stereocenters. The van der Waals surface area contributed by atoms with Crippen molar-refractivity contribution in [1.29, 1.82) is 0 Å². The van der Waals surface area contributed by atoms with E-state index < -0.39 is 0 Å². The topological polar surface area (TPSA) is 37.8 Å². The van der Waals surface area contributed by atoms with Crippen LogP contribution in [0, 0.1) is 6.92 Å². The molecular formula is C14H17N3S. The van der Waals surface area contributed by atoms with Crippen LogP contribution in [0.25, 0.3) is 0 Å². The Morgan fingerprint density at radius 3 is 3.06 bits per heavy atom. The summed E-state index contributed by atoms with van der Waals surface area (Å²) in [5.74, 6) is 0. The fourth-order valence-electron chi connectivity index (χ4n) is 1.93. The highest BCUT2D eigenvalue weighted by atomic mass is 32.1. The Kier molecular flexibility index (Phi) is 3.39. The molecule has 4 heteroatoms. The zero-order valence-corrected chi connectivity index (χ0v) is 11.3. The van der Waals surface area contributed by atoms with Gasteiger partial charge in [0.1, 0.15) is 0 Å². The van der Waals surface area contributed by atoms with Crippen LogP contribution >= 0.6 is 11.3 Å². The van der Waals surface area contributed by atoms with Gasteiger partial charge in [-0.3, -0.25) is 4.98 Å². The Morgan fingerprint density at radius 1 is 1.44 bits per heavy atom. The number of hydrogen-bond acceptors (Lipinski definition) is 4. The first-order valence-corrected chi connectivity index (χ1v) is 7.20. The van der Waals surface area contributed by atoms with Gasteiger partial charge in [0.05, 0.1) is 10.7 Å². The Hall–Kier alpha value is -1.26. The van der Waals surface area contributed by atoms with E-state index in [1.165, 1.54) is 34.0 Å². The predicted octanol–water partition coefficient (Wildman–Crippen LogP) is 2.69. The van der Waals surface area contributed by atoms with Crippen molar-refractivity contribution >= 4 is 11.3 Å². The van der Waals surface area contributed by atoms with Gasteiger partial charge in [0, 0.05) is 36.3 Å². The van der Waals surface area contributed by atoms with E-state index in [-0.39, 0.29) is 0 Å². The second-order valence-electron chi connectivity index (χ2n) is 4.81. The quantitative estimate of drug-likeness (QED) is 0.897. The van der Waals surface area contributed by atoms with Crippen molar-refractivity contribution in [2.75, 3.05) is 0 Å². The summed E-state index contributed by atoms with van der Waals surface area (Å²) in [6, 6.07) is 4.84. The van der Waals surface area contributed by atoms with E-state index in [0.717, 1.165) is 19.0 Å². The largest absolute Gasteiger partial charge is 0.309 e. The number of rotatable bonds is 5. The smallest absolute Gasteiger partial charge is 0.0975 e. The summed E-state index contributed by atoms with van der Waals surface area (Å²) in [6.07, 6.45) is 7.28. The Morgan fingerprint density at radius 2 is 2.33 bits per heavy atom. The molecule has 2 heterocycles. The van der Waals surface area contributed by atoms with E-state index >= 15 is 0 Å². The standard InChI is InChI=1S/C14H17N3S/c1-10-13(9-16-12-4-5-12)18-14(17-10)7-11-3-2-6-15-8-11/h2-3,6,8,12,16H,4-5,7,9H2,1H3. The van der Waals surface area contributed by atoms with Crippen LogP contribution < -0.4 is 5.32 Å². The average Bonchev–Trinajstić information content (AvgIpc) is 3.14. The molecule has 3 nitrogen and oxygen atoms in total. The molecule has 2 aromatic heterocycles. The molecule has 1 aliphatic carbocycles. The monoisotopic (exact) mass is 259 g/mol. The number of thiazole rings is 1. The van der Waals surface area contributed by atoms with Crippen LogP contribution in [0.5, 0.6) is 0 Å². The lowest BCUT2D eigenvalue weighted by atomic mass is 10.2. The summed E-state index contributed by atoms with van der Waals surface area (Å²) >= 11 is 1.82. The predicted molar refractivity (Wildman–Crippen MR) is 73.8 cm³/mol. The lowest BCUT2D eigenvalue weighted by molar-refractivity contribution is 0.691. The van der Waals surface area contributed by atoms with E-state index in [1.54, 1.807) is 0 Å². The van der Waals surface area contributed by atoms with Crippen molar-refractivity contribution in [3.63, 3.8) is 0 Å². The molecule has 0 saturated heterocycles. The number of aryl methyl sites for hydroxylation is 1. The van der Waals surface area contributed by atoms with Crippen LogP contribution in [-0.4, -0.2) is 16.0 Å². The van der Waals surface area contributed by atoms with Gasteiger partial charge in [-0.05, 0) is 31.4 Å². The molecule has 1 aliphatic rings. The molecule has 1 fully saturated rings. The van der Waals surface area contributed by atoms with Gasteiger partial charge in [0.25, 0.3) is 0 Å². The third kappa shape index (κ3) is 2.94. The summed E-state index contributed by atoms with van der Waals surface area (Å²) in [5, 5.41) is 4.74. The van der Waals surface area contributed by atoms with Gasteiger partial charge < -0.3 is 5.32 Å². The normalized spacial score (nSPS) is 14.9. The third-order valence-electron chi connectivity index (χ3n) is 3.14. The highest BCUT2D eigenvalue weighted by molar-refractivity contribution is 7.11. The van der Waals surface area contributed by atoms with Crippen molar-refractivity contribution in [2.45, 2.75) is 38.8 Å². The number of nitrogens with zero attached hydrogens (tertiary/aromatic N) is 2. The maximum Gasteiger partial charge on any atom is 0.0975 e. The minimum absolute atomic E-state index is 0.758. The molecule has 3 rings (SSSR count). The van der Waals surface area contributed by atoms with Crippen molar-refractivity contribution < 1.29 is 0 Å². The molecule has 18 heavy (non-hydrogen) atoms. The second kappa shape index (κ2) is 5.16. The van der Waals surface area contributed by atoms with Crippen LogP contribution in [0.3, 0.4) is 0 Å². The van der Waals surface area contributed by atoms with E-state index in [4.69, 9.17) is 0 Å². The van der Waals surface area contributed by atoms with Crippen LogP contribution in [0.2, 0.25) is 0 Å². The van der Waals surface area contributed by atoms with E-state index in [2.05, 4.69) is 28.3 Å². The number of aromatic nitrogens is 2. The molecule has 0 unspecified atom stereocenters. The zero-order chi connectivity index (χ0) is 12.4. The molecule has 1 saturated carbocycles. The summed E-state index contributed by atoms with van der Waals surface area (Å²) < 4.78 is 0. The van der Waals surface area contributed by atoms with E-state index in [1.807, 2.05) is 29.8 Å². The summed E-state index contributed by atoms with van der Waals surface area (Å²) in [6.45, 7) is 3.08. The van der Waals surface area contributed by atoms with Crippen molar-refractivity contribution in [2.24, 2.45) is 0 Å². The van der Waals surface area contributed by atoms with Gasteiger partial charge >= 0.3 is 0 Å². The average molecular weight is 259 g/mol. The Labute approximate surface area is 111 Å². The summed E-state index contributed by atoms with van der Waals surface area (Å²) in [5.41, 5.74) is 2.40.